The third kappa shape index (κ3) is 3.74. The number of rotatable bonds is 4. The summed E-state index contributed by atoms with van der Waals surface area (Å²) in [5.74, 6) is -6.27. The van der Waals surface area contributed by atoms with Gasteiger partial charge in [0.15, 0.2) is 0 Å². The Labute approximate surface area is 139 Å². The van der Waals surface area contributed by atoms with Crippen LogP contribution in [0.5, 0.6) is 0 Å². The van der Waals surface area contributed by atoms with E-state index in [9.17, 15) is 31.5 Å². The van der Waals surface area contributed by atoms with E-state index in [-0.39, 0.29) is 17.0 Å². The van der Waals surface area contributed by atoms with Crippen LogP contribution in [0.3, 0.4) is 0 Å². The predicted molar refractivity (Wildman–Crippen MR) is 73.9 cm³/mol. The average molecular weight is 369 g/mol. The molecule has 0 aromatic carbocycles. The molecule has 1 aromatic rings. The maximum absolute atomic E-state index is 13.0. The van der Waals surface area contributed by atoms with Crippen molar-refractivity contribution in [1.29, 1.82) is 0 Å². The third-order valence-electron chi connectivity index (χ3n) is 4.40. The Morgan fingerprint density at radius 3 is 2.28 bits per heavy atom. The number of aromatic nitrogens is 2. The van der Waals surface area contributed by atoms with Crippen LogP contribution in [0, 0.1) is 25.7 Å². The average Bonchev–Trinajstić information content (AvgIpc) is 3.04. The SMILES string of the molecule is Cc1nn(C(F)F)c(C)c1CC(=O)N1C[C@@H](C(F)(F)F)[C@H](C(=O)O)C1. The van der Waals surface area contributed by atoms with Gasteiger partial charge in [0.1, 0.15) is 0 Å². The van der Waals surface area contributed by atoms with Gasteiger partial charge in [-0.1, -0.05) is 0 Å². The number of carboxylic acid groups (broad SMARTS) is 1. The molecule has 11 heteroatoms. The van der Waals surface area contributed by atoms with Crippen molar-refractivity contribution in [3.05, 3.63) is 17.0 Å². The number of likely N-dealkylation sites (tertiary alicyclic amines) is 1. The molecule has 0 unspecified atom stereocenters. The lowest BCUT2D eigenvalue weighted by Gasteiger charge is -2.18. The van der Waals surface area contributed by atoms with E-state index in [1.165, 1.54) is 13.8 Å². The monoisotopic (exact) mass is 369 g/mol. The van der Waals surface area contributed by atoms with E-state index in [1.54, 1.807) is 0 Å². The zero-order valence-electron chi connectivity index (χ0n) is 13.3. The van der Waals surface area contributed by atoms with Crippen LogP contribution in [0.25, 0.3) is 0 Å². The molecule has 0 bridgehead atoms. The van der Waals surface area contributed by atoms with Gasteiger partial charge >= 0.3 is 18.7 Å². The van der Waals surface area contributed by atoms with Crippen molar-refractivity contribution >= 4 is 11.9 Å². The van der Waals surface area contributed by atoms with E-state index in [1.807, 2.05) is 0 Å². The summed E-state index contributed by atoms with van der Waals surface area (Å²) in [5.41, 5.74) is 0.419. The third-order valence-corrected chi connectivity index (χ3v) is 4.40. The van der Waals surface area contributed by atoms with Crippen molar-refractivity contribution in [1.82, 2.24) is 14.7 Å². The summed E-state index contributed by atoms with van der Waals surface area (Å²) in [6, 6.07) is 0. The zero-order chi connectivity index (χ0) is 19.1. The van der Waals surface area contributed by atoms with Crippen LogP contribution in [0.2, 0.25) is 0 Å². The normalized spacial score (nSPS) is 21.2. The minimum Gasteiger partial charge on any atom is -0.481 e. The smallest absolute Gasteiger partial charge is 0.394 e. The van der Waals surface area contributed by atoms with Gasteiger partial charge in [-0.05, 0) is 13.8 Å². The number of amides is 1. The molecule has 1 fully saturated rings. The Morgan fingerprint density at radius 2 is 1.88 bits per heavy atom. The van der Waals surface area contributed by atoms with Gasteiger partial charge < -0.3 is 10.0 Å². The molecule has 0 aliphatic carbocycles. The van der Waals surface area contributed by atoms with Crippen molar-refractivity contribution in [3.63, 3.8) is 0 Å². The van der Waals surface area contributed by atoms with Gasteiger partial charge in [-0.15, -0.1) is 0 Å². The number of carbonyl (C=O) groups is 2. The first-order valence-corrected chi connectivity index (χ1v) is 7.33. The number of aliphatic carboxylic acids is 1. The zero-order valence-corrected chi connectivity index (χ0v) is 13.3. The van der Waals surface area contributed by atoms with Crippen molar-refractivity contribution in [2.75, 3.05) is 13.1 Å². The second kappa shape index (κ2) is 6.60. The van der Waals surface area contributed by atoms with Gasteiger partial charge in [0.25, 0.3) is 0 Å². The summed E-state index contributed by atoms with van der Waals surface area (Å²) in [5, 5.41) is 12.6. The number of alkyl halides is 5. The predicted octanol–water partition coefficient (Wildman–Crippen LogP) is 2.16. The number of carboxylic acids is 1. The summed E-state index contributed by atoms with van der Waals surface area (Å²) in [6.07, 6.45) is -5.16. The highest BCUT2D eigenvalue weighted by Gasteiger charge is 2.53. The lowest BCUT2D eigenvalue weighted by molar-refractivity contribution is -0.188. The molecule has 0 saturated carbocycles. The maximum Gasteiger partial charge on any atom is 0.394 e. The molecule has 25 heavy (non-hydrogen) atoms. The molecular weight excluding hydrogens is 353 g/mol. The fraction of sp³-hybridized carbons (Fsp3) is 0.643. The maximum atomic E-state index is 13.0. The van der Waals surface area contributed by atoms with Crippen molar-refractivity contribution in [2.45, 2.75) is 33.0 Å². The summed E-state index contributed by atoms with van der Waals surface area (Å²) in [6.45, 7) is -1.49. The Kier molecular flexibility index (Phi) is 5.05. The van der Waals surface area contributed by atoms with E-state index in [0.717, 1.165) is 4.90 Å². The minimum atomic E-state index is -4.75. The van der Waals surface area contributed by atoms with E-state index in [4.69, 9.17) is 5.11 Å². The van der Waals surface area contributed by atoms with E-state index < -0.39 is 55.9 Å². The molecule has 2 rings (SSSR count). The van der Waals surface area contributed by atoms with Crippen molar-refractivity contribution < 1.29 is 36.6 Å². The molecule has 140 valence electrons. The highest BCUT2D eigenvalue weighted by molar-refractivity contribution is 5.81. The van der Waals surface area contributed by atoms with Crippen LogP contribution in [-0.4, -0.2) is 50.9 Å². The summed E-state index contributed by atoms with van der Waals surface area (Å²) < 4.78 is 64.9. The van der Waals surface area contributed by atoms with Gasteiger partial charge in [-0.3, -0.25) is 9.59 Å². The minimum absolute atomic E-state index is 0.0437. The van der Waals surface area contributed by atoms with Gasteiger partial charge in [0, 0.05) is 24.3 Å². The molecule has 1 aromatic heterocycles. The number of halogens is 5. The first-order chi connectivity index (χ1) is 11.4. The lowest BCUT2D eigenvalue weighted by atomic mass is 9.96. The number of hydrogen-bond acceptors (Lipinski definition) is 3. The molecule has 1 saturated heterocycles. The number of nitrogens with zero attached hydrogens (tertiary/aromatic N) is 3. The summed E-state index contributed by atoms with van der Waals surface area (Å²) in [7, 11) is 0. The molecule has 6 nitrogen and oxygen atoms in total. The van der Waals surface area contributed by atoms with E-state index in [2.05, 4.69) is 5.10 Å². The number of carbonyl (C=O) groups excluding carboxylic acids is 1. The van der Waals surface area contributed by atoms with Crippen molar-refractivity contribution in [2.24, 2.45) is 11.8 Å². The molecular formula is C14H16F5N3O3. The largest absolute Gasteiger partial charge is 0.481 e. The van der Waals surface area contributed by atoms with Gasteiger partial charge in [0.05, 0.1) is 24.0 Å². The standard InChI is InChI=1S/C14H16F5N3O3/c1-6-8(7(2)22(20-6)13(15)16)3-11(23)21-4-9(12(24)25)10(5-21)14(17,18)19/h9-10,13H,3-5H2,1-2H3,(H,24,25)/t9-,10-/m1/s1. The van der Waals surface area contributed by atoms with Crippen molar-refractivity contribution in [3.8, 4) is 0 Å². The Balaban J connectivity index is 2.19. The summed E-state index contributed by atoms with van der Waals surface area (Å²) >= 11 is 0. The molecule has 1 N–H and O–H groups in total. The highest BCUT2D eigenvalue weighted by Crippen LogP contribution is 2.38. The molecule has 0 spiro atoms. The van der Waals surface area contributed by atoms with Crippen LogP contribution >= 0.6 is 0 Å². The summed E-state index contributed by atoms with van der Waals surface area (Å²) in [4.78, 5) is 24.1. The molecule has 2 atom stereocenters. The van der Waals surface area contributed by atoms with Gasteiger partial charge in [-0.25, -0.2) is 4.68 Å². The Morgan fingerprint density at radius 1 is 1.28 bits per heavy atom. The lowest BCUT2D eigenvalue weighted by Crippen LogP contribution is -2.34. The molecule has 1 aliphatic rings. The molecule has 1 amide bonds. The van der Waals surface area contributed by atoms with E-state index in [0.29, 0.717) is 4.68 Å². The fourth-order valence-electron chi connectivity index (χ4n) is 3.00. The van der Waals surface area contributed by atoms with Crippen LogP contribution in [0.1, 0.15) is 23.5 Å². The number of aryl methyl sites for hydroxylation is 1. The second-order valence-electron chi connectivity index (χ2n) is 5.94. The van der Waals surface area contributed by atoms with Gasteiger partial charge in [0.2, 0.25) is 5.91 Å². The number of hydrogen-bond donors (Lipinski definition) is 1. The first kappa shape index (κ1) is 19.1. The topological polar surface area (TPSA) is 75.4 Å². The van der Waals surface area contributed by atoms with Crippen LogP contribution in [-0.2, 0) is 16.0 Å². The van der Waals surface area contributed by atoms with E-state index >= 15 is 0 Å². The fourth-order valence-corrected chi connectivity index (χ4v) is 3.00. The van der Waals surface area contributed by atoms with Crippen LogP contribution < -0.4 is 0 Å². The molecule has 2 heterocycles. The quantitative estimate of drug-likeness (QED) is 0.826. The van der Waals surface area contributed by atoms with Crippen LogP contribution in [0.15, 0.2) is 0 Å². The molecule has 0 radical (unpaired) electrons. The first-order valence-electron chi connectivity index (χ1n) is 7.33. The van der Waals surface area contributed by atoms with Crippen LogP contribution in [0.4, 0.5) is 22.0 Å². The Hall–Kier alpha value is -2.20. The molecule has 1 aliphatic heterocycles. The Bertz CT molecular complexity index is 686. The second-order valence-corrected chi connectivity index (χ2v) is 5.94. The highest BCUT2D eigenvalue weighted by atomic mass is 19.4. The van der Waals surface area contributed by atoms with Gasteiger partial charge in [-0.2, -0.15) is 27.1 Å².